The number of carbonyl (C=O) groups excluding carboxylic acids is 2. The Morgan fingerprint density at radius 2 is 1.48 bits per heavy atom. The molecule has 31 heavy (non-hydrogen) atoms. The first-order chi connectivity index (χ1) is 14.8. The topological polar surface area (TPSA) is 70.2 Å². The third kappa shape index (κ3) is 6.03. The van der Waals surface area contributed by atoms with Crippen molar-refractivity contribution >= 4 is 23.2 Å². The Morgan fingerprint density at radius 3 is 2.06 bits per heavy atom. The van der Waals surface area contributed by atoms with Crippen molar-refractivity contribution in [3.8, 4) is 0 Å². The summed E-state index contributed by atoms with van der Waals surface area (Å²) in [4.78, 5) is 25.2. The standard InChI is InChI=1S/C24H29F2N3O2/c1-15(2)22(29-23(30)21-19(25)9-6-10-20(21)26)24(31)28-18-13-11-17(12-14-18)27-16-7-4-3-5-8-16/h6,9-16,22,27H,3-5,7-8H2,1-2H3,(H,28,31)(H,29,30)/t22-/m0/s1. The fraction of sp³-hybridized carbons (Fsp3) is 0.417. The summed E-state index contributed by atoms with van der Waals surface area (Å²) < 4.78 is 27.8. The highest BCUT2D eigenvalue weighted by atomic mass is 19.1. The van der Waals surface area contributed by atoms with E-state index in [9.17, 15) is 18.4 Å². The van der Waals surface area contributed by atoms with Gasteiger partial charge in [0.15, 0.2) is 0 Å². The van der Waals surface area contributed by atoms with E-state index < -0.39 is 35.1 Å². The molecule has 0 unspecified atom stereocenters. The van der Waals surface area contributed by atoms with Crippen LogP contribution in [0.5, 0.6) is 0 Å². The summed E-state index contributed by atoms with van der Waals surface area (Å²) in [5.41, 5.74) is 0.879. The second kappa shape index (κ2) is 10.4. The summed E-state index contributed by atoms with van der Waals surface area (Å²) in [6, 6.07) is 10.1. The number of hydrogen-bond acceptors (Lipinski definition) is 3. The average Bonchev–Trinajstić information content (AvgIpc) is 2.74. The first kappa shape index (κ1) is 22.7. The van der Waals surface area contributed by atoms with Crippen LogP contribution in [0.3, 0.4) is 0 Å². The average molecular weight is 430 g/mol. The van der Waals surface area contributed by atoms with Crippen LogP contribution in [-0.2, 0) is 4.79 Å². The molecule has 1 saturated carbocycles. The van der Waals surface area contributed by atoms with Crippen LogP contribution in [-0.4, -0.2) is 23.9 Å². The maximum atomic E-state index is 13.9. The minimum absolute atomic E-state index is 0.286. The molecular weight excluding hydrogens is 400 g/mol. The Hall–Kier alpha value is -2.96. The lowest BCUT2D eigenvalue weighted by Gasteiger charge is -2.24. The zero-order valence-electron chi connectivity index (χ0n) is 17.9. The maximum absolute atomic E-state index is 13.9. The van der Waals surface area contributed by atoms with E-state index in [2.05, 4.69) is 16.0 Å². The molecule has 1 fully saturated rings. The van der Waals surface area contributed by atoms with Gasteiger partial charge in [-0.25, -0.2) is 8.78 Å². The number of carbonyl (C=O) groups is 2. The smallest absolute Gasteiger partial charge is 0.257 e. The quantitative estimate of drug-likeness (QED) is 0.573. The third-order valence-corrected chi connectivity index (χ3v) is 5.55. The molecule has 3 N–H and O–H groups in total. The van der Waals surface area contributed by atoms with Crippen molar-refractivity contribution in [1.82, 2.24) is 5.32 Å². The van der Waals surface area contributed by atoms with Gasteiger partial charge in [0.2, 0.25) is 5.91 Å². The predicted octanol–water partition coefficient (Wildman–Crippen LogP) is 5.10. The molecule has 2 aromatic carbocycles. The van der Waals surface area contributed by atoms with Crippen LogP contribution in [0.15, 0.2) is 42.5 Å². The molecule has 2 amide bonds. The number of anilines is 2. The van der Waals surface area contributed by atoms with E-state index in [1.165, 1.54) is 25.3 Å². The van der Waals surface area contributed by atoms with Gasteiger partial charge in [0.1, 0.15) is 23.2 Å². The summed E-state index contributed by atoms with van der Waals surface area (Å²) in [7, 11) is 0. The molecule has 166 valence electrons. The molecule has 0 heterocycles. The second-order valence-electron chi connectivity index (χ2n) is 8.34. The lowest BCUT2D eigenvalue weighted by molar-refractivity contribution is -0.118. The van der Waals surface area contributed by atoms with Crippen LogP contribution in [0.2, 0.25) is 0 Å². The van der Waals surface area contributed by atoms with Crippen LogP contribution in [0.4, 0.5) is 20.2 Å². The molecule has 3 rings (SSSR count). The van der Waals surface area contributed by atoms with Gasteiger partial charge in [-0.15, -0.1) is 0 Å². The highest BCUT2D eigenvalue weighted by molar-refractivity contribution is 6.01. The normalized spacial score (nSPS) is 15.4. The summed E-state index contributed by atoms with van der Waals surface area (Å²) in [5, 5.41) is 8.74. The molecule has 1 aliphatic rings. The molecule has 0 radical (unpaired) electrons. The number of hydrogen-bond donors (Lipinski definition) is 3. The van der Waals surface area contributed by atoms with E-state index in [1.54, 1.807) is 26.0 Å². The summed E-state index contributed by atoms with van der Waals surface area (Å²) in [6.45, 7) is 3.50. The van der Waals surface area contributed by atoms with Crippen molar-refractivity contribution in [3.05, 3.63) is 59.7 Å². The SMILES string of the molecule is CC(C)[C@H](NC(=O)c1c(F)cccc1F)C(=O)Nc1ccc(NC2CCCCC2)cc1. The van der Waals surface area contributed by atoms with Crippen molar-refractivity contribution in [2.75, 3.05) is 10.6 Å². The second-order valence-corrected chi connectivity index (χ2v) is 8.34. The van der Waals surface area contributed by atoms with Gasteiger partial charge in [0, 0.05) is 17.4 Å². The monoisotopic (exact) mass is 429 g/mol. The Kier molecular flexibility index (Phi) is 7.60. The maximum Gasteiger partial charge on any atom is 0.257 e. The zero-order chi connectivity index (χ0) is 22.4. The van der Waals surface area contributed by atoms with E-state index in [4.69, 9.17) is 0 Å². The van der Waals surface area contributed by atoms with Crippen molar-refractivity contribution in [3.63, 3.8) is 0 Å². The zero-order valence-corrected chi connectivity index (χ0v) is 17.9. The number of nitrogens with one attached hydrogen (secondary N) is 3. The van der Waals surface area contributed by atoms with E-state index in [0.29, 0.717) is 11.7 Å². The predicted molar refractivity (Wildman–Crippen MR) is 118 cm³/mol. The minimum atomic E-state index is -0.971. The number of rotatable bonds is 7. The Labute approximate surface area is 181 Å². The largest absolute Gasteiger partial charge is 0.382 e. The molecule has 5 nitrogen and oxygen atoms in total. The summed E-state index contributed by atoms with van der Waals surface area (Å²) in [5.74, 6) is -3.64. The Morgan fingerprint density at radius 1 is 0.903 bits per heavy atom. The molecule has 0 bridgehead atoms. The first-order valence-electron chi connectivity index (χ1n) is 10.8. The Bertz CT molecular complexity index is 889. The van der Waals surface area contributed by atoms with Gasteiger partial charge in [-0.3, -0.25) is 9.59 Å². The molecule has 7 heteroatoms. The van der Waals surface area contributed by atoms with Gasteiger partial charge in [-0.1, -0.05) is 39.2 Å². The van der Waals surface area contributed by atoms with E-state index >= 15 is 0 Å². The highest BCUT2D eigenvalue weighted by Gasteiger charge is 2.27. The van der Waals surface area contributed by atoms with Crippen molar-refractivity contribution in [2.24, 2.45) is 5.92 Å². The van der Waals surface area contributed by atoms with Gasteiger partial charge in [-0.2, -0.15) is 0 Å². The Balaban J connectivity index is 1.63. The van der Waals surface area contributed by atoms with Gasteiger partial charge in [0.25, 0.3) is 5.91 Å². The molecule has 0 aliphatic heterocycles. The number of halogens is 2. The highest BCUT2D eigenvalue weighted by Crippen LogP contribution is 2.23. The van der Waals surface area contributed by atoms with Crippen molar-refractivity contribution in [1.29, 1.82) is 0 Å². The minimum Gasteiger partial charge on any atom is -0.382 e. The van der Waals surface area contributed by atoms with Gasteiger partial charge in [0.05, 0.1) is 0 Å². The van der Waals surface area contributed by atoms with E-state index in [-0.39, 0.29) is 5.92 Å². The summed E-state index contributed by atoms with van der Waals surface area (Å²) in [6.07, 6.45) is 6.10. The van der Waals surface area contributed by atoms with Crippen LogP contribution in [0.1, 0.15) is 56.3 Å². The van der Waals surface area contributed by atoms with Gasteiger partial charge >= 0.3 is 0 Å². The van der Waals surface area contributed by atoms with Crippen molar-refractivity contribution < 1.29 is 18.4 Å². The van der Waals surface area contributed by atoms with Crippen LogP contribution < -0.4 is 16.0 Å². The fourth-order valence-corrected chi connectivity index (χ4v) is 3.82. The van der Waals surface area contributed by atoms with Crippen LogP contribution >= 0.6 is 0 Å². The van der Waals surface area contributed by atoms with Gasteiger partial charge < -0.3 is 16.0 Å². The third-order valence-electron chi connectivity index (χ3n) is 5.55. The molecular formula is C24H29F2N3O2. The molecule has 0 saturated heterocycles. The van der Waals surface area contributed by atoms with E-state index in [0.717, 1.165) is 30.7 Å². The molecule has 0 aromatic heterocycles. The van der Waals surface area contributed by atoms with Gasteiger partial charge in [-0.05, 0) is 55.2 Å². The summed E-state index contributed by atoms with van der Waals surface area (Å²) >= 11 is 0. The molecule has 1 atom stereocenters. The molecule has 2 aromatic rings. The lowest BCUT2D eigenvalue weighted by atomic mass is 9.95. The fourth-order valence-electron chi connectivity index (χ4n) is 3.82. The molecule has 1 aliphatic carbocycles. The van der Waals surface area contributed by atoms with Crippen LogP contribution in [0.25, 0.3) is 0 Å². The van der Waals surface area contributed by atoms with Crippen LogP contribution in [0, 0.1) is 17.6 Å². The number of amides is 2. The van der Waals surface area contributed by atoms with Crippen molar-refractivity contribution in [2.45, 2.75) is 58.0 Å². The van der Waals surface area contributed by atoms with E-state index in [1.807, 2.05) is 12.1 Å². The lowest BCUT2D eigenvalue weighted by Crippen LogP contribution is -2.47. The number of benzene rings is 2. The molecule has 0 spiro atoms. The first-order valence-corrected chi connectivity index (χ1v) is 10.8.